The van der Waals surface area contributed by atoms with E-state index in [0.29, 0.717) is 41.9 Å². The molecule has 2 fully saturated rings. The molecule has 2 bridgehead atoms. The van der Waals surface area contributed by atoms with Gasteiger partial charge in [-0.25, -0.2) is 13.9 Å². The first kappa shape index (κ1) is 24.6. The molecule has 0 saturated carbocycles. The lowest BCUT2D eigenvalue weighted by molar-refractivity contribution is -0.0642. The number of carbonyl (C=O) groups excluding carboxylic acids is 1. The quantitative estimate of drug-likeness (QED) is 0.539. The predicted molar refractivity (Wildman–Crippen MR) is 136 cm³/mol. The average Bonchev–Trinajstić information content (AvgIpc) is 3.53. The molecule has 3 aliphatic heterocycles. The van der Waals surface area contributed by atoms with E-state index in [0.717, 1.165) is 42.8 Å². The van der Waals surface area contributed by atoms with Gasteiger partial charge in [-0.15, -0.1) is 0 Å². The summed E-state index contributed by atoms with van der Waals surface area (Å²) < 4.78 is 22.3. The summed E-state index contributed by atoms with van der Waals surface area (Å²) in [6.45, 7) is 7.48. The van der Waals surface area contributed by atoms with Crippen molar-refractivity contribution in [2.75, 3.05) is 6.54 Å². The monoisotopic (exact) mass is 527 g/mol. The fourth-order valence-corrected chi connectivity index (χ4v) is 6.45. The van der Waals surface area contributed by atoms with Gasteiger partial charge in [0, 0.05) is 30.1 Å². The van der Waals surface area contributed by atoms with Gasteiger partial charge in [0.25, 0.3) is 5.91 Å². The standard InChI is InChI=1S/C27H31ClFN5O3/c1-4-9-33-17-6-8-21(33)25(35)23(11-17)37-22-10-16(29)5-7-18(22)27(36)32-12-19-20(13-32)31-34-15(3)24(28)14(2)30-26(19)34/h5,7,10,17,21,23,25,35H,4,6,8-9,11-13H2,1-3H3/t17-,21+,23+,25?/m0/s1. The number of carbonyl (C=O) groups is 1. The number of hydrogen-bond donors (Lipinski definition) is 1. The van der Waals surface area contributed by atoms with E-state index in [2.05, 4.69) is 21.9 Å². The zero-order chi connectivity index (χ0) is 26.0. The Morgan fingerprint density at radius 2 is 2.08 bits per heavy atom. The van der Waals surface area contributed by atoms with Gasteiger partial charge in [0.1, 0.15) is 23.8 Å². The maximum atomic E-state index is 14.3. The minimum Gasteiger partial charge on any atom is -0.487 e. The molecule has 0 spiro atoms. The van der Waals surface area contributed by atoms with E-state index in [1.165, 1.54) is 18.2 Å². The number of ether oxygens (including phenoxy) is 1. The number of rotatable bonds is 5. The molecule has 0 aliphatic carbocycles. The van der Waals surface area contributed by atoms with Crippen LogP contribution in [0, 0.1) is 19.7 Å². The second-order valence-electron chi connectivity index (χ2n) is 10.5. The van der Waals surface area contributed by atoms with Crippen LogP contribution in [0.5, 0.6) is 5.75 Å². The number of fused-ring (bicyclic) bond motifs is 5. The van der Waals surface area contributed by atoms with E-state index < -0.39 is 18.0 Å². The van der Waals surface area contributed by atoms with E-state index in [9.17, 15) is 14.3 Å². The molecule has 3 aliphatic rings. The number of nitrogens with zero attached hydrogens (tertiary/aromatic N) is 5. The van der Waals surface area contributed by atoms with E-state index >= 15 is 0 Å². The summed E-state index contributed by atoms with van der Waals surface area (Å²) in [5, 5.41) is 16.3. The molecule has 8 nitrogen and oxygen atoms in total. The summed E-state index contributed by atoms with van der Waals surface area (Å²) in [7, 11) is 0. The summed E-state index contributed by atoms with van der Waals surface area (Å²) in [6, 6.07) is 4.37. The Labute approximate surface area is 220 Å². The topological polar surface area (TPSA) is 83.2 Å². The fourth-order valence-electron chi connectivity index (χ4n) is 6.33. The Bertz CT molecular complexity index is 1390. The maximum absolute atomic E-state index is 14.3. The molecule has 4 atom stereocenters. The maximum Gasteiger partial charge on any atom is 0.258 e. The van der Waals surface area contributed by atoms with E-state index in [1.54, 1.807) is 9.42 Å². The lowest BCUT2D eigenvalue weighted by atomic mass is 9.96. The molecule has 1 N–H and O–H groups in total. The molecule has 1 aromatic carbocycles. The molecule has 1 unspecified atom stereocenters. The van der Waals surface area contributed by atoms with Crippen LogP contribution in [-0.4, -0.2) is 66.2 Å². The van der Waals surface area contributed by atoms with E-state index in [4.69, 9.17) is 16.3 Å². The zero-order valence-electron chi connectivity index (χ0n) is 21.2. The van der Waals surface area contributed by atoms with Crippen LogP contribution >= 0.6 is 11.6 Å². The van der Waals surface area contributed by atoms with Crippen LogP contribution in [0.15, 0.2) is 18.2 Å². The van der Waals surface area contributed by atoms with Crippen molar-refractivity contribution in [3.05, 3.63) is 57.2 Å². The molecule has 10 heteroatoms. The van der Waals surface area contributed by atoms with Gasteiger partial charge >= 0.3 is 0 Å². The number of aryl methyl sites for hydroxylation is 2. The Balaban J connectivity index is 1.25. The van der Waals surface area contributed by atoms with Gasteiger partial charge in [0.05, 0.1) is 40.8 Å². The van der Waals surface area contributed by atoms with Gasteiger partial charge in [0.2, 0.25) is 0 Å². The fraction of sp³-hybridized carbons (Fsp3) is 0.519. The third kappa shape index (κ3) is 3.99. The normalized spacial score (nSPS) is 25.2. The molecule has 3 aromatic rings. The number of aromatic nitrogens is 3. The third-order valence-electron chi connectivity index (χ3n) is 8.15. The van der Waals surface area contributed by atoms with Gasteiger partial charge in [-0.1, -0.05) is 18.5 Å². The highest BCUT2D eigenvalue weighted by atomic mass is 35.5. The van der Waals surface area contributed by atoms with E-state index in [1.807, 2.05) is 13.8 Å². The molecular formula is C27H31ClFN5O3. The SMILES string of the molecule is CCCN1[C@H]2CC[C@@H]1C(O)[C@H](Oc1cc(F)ccc1C(=O)N1Cc3nn4c(C)c(Cl)c(C)nc4c3C1)C2. The lowest BCUT2D eigenvalue weighted by Gasteiger charge is -2.42. The van der Waals surface area contributed by atoms with Crippen LogP contribution in [0.3, 0.4) is 0 Å². The van der Waals surface area contributed by atoms with Crippen LogP contribution < -0.4 is 4.74 Å². The number of amides is 1. The molecule has 0 radical (unpaired) electrons. The zero-order valence-corrected chi connectivity index (χ0v) is 22.0. The first-order valence-electron chi connectivity index (χ1n) is 13.0. The second-order valence-corrected chi connectivity index (χ2v) is 10.9. The molecule has 2 aromatic heterocycles. The third-order valence-corrected chi connectivity index (χ3v) is 8.69. The van der Waals surface area contributed by atoms with Crippen molar-refractivity contribution in [1.82, 2.24) is 24.4 Å². The Hall–Kier alpha value is -2.75. The smallest absolute Gasteiger partial charge is 0.258 e. The summed E-state index contributed by atoms with van der Waals surface area (Å²) in [5.74, 6) is -0.580. The molecule has 196 valence electrons. The first-order chi connectivity index (χ1) is 17.8. The largest absolute Gasteiger partial charge is 0.487 e. The van der Waals surface area contributed by atoms with E-state index in [-0.39, 0.29) is 23.3 Å². The average molecular weight is 528 g/mol. The molecule has 5 heterocycles. The van der Waals surface area contributed by atoms with Crippen LogP contribution in [0.4, 0.5) is 4.39 Å². The Morgan fingerprint density at radius 3 is 2.86 bits per heavy atom. The number of benzene rings is 1. The van der Waals surface area contributed by atoms with Crippen LogP contribution in [0.1, 0.15) is 65.6 Å². The molecule has 1 amide bonds. The number of hydrogen-bond acceptors (Lipinski definition) is 6. The van der Waals surface area contributed by atoms with Crippen LogP contribution in [0.25, 0.3) is 5.65 Å². The molecule has 37 heavy (non-hydrogen) atoms. The van der Waals surface area contributed by atoms with Gasteiger partial charge in [-0.05, 0) is 51.8 Å². The van der Waals surface area contributed by atoms with Crippen molar-refractivity contribution in [2.24, 2.45) is 0 Å². The van der Waals surface area contributed by atoms with Gasteiger partial charge in [-0.3, -0.25) is 9.69 Å². The van der Waals surface area contributed by atoms with Crippen molar-refractivity contribution in [2.45, 2.75) is 83.8 Å². The summed E-state index contributed by atoms with van der Waals surface area (Å²) in [5.41, 5.74) is 4.15. The number of halogens is 2. The van der Waals surface area contributed by atoms with Crippen molar-refractivity contribution in [1.29, 1.82) is 0 Å². The molecular weight excluding hydrogens is 497 g/mol. The van der Waals surface area contributed by atoms with Gasteiger partial charge < -0.3 is 14.7 Å². The van der Waals surface area contributed by atoms with Crippen LogP contribution in [0.2, 0.25) is 5.02 Å². The number of piperidine rings is 1. The predicted octanol–water partition coefficient (Wildman–Crippen LogP) is 4.05. The lowest BCUT2D eigenvalue weighted by Crippen LogP contribution is -2.56. The molecule has 6 rings (SSSR count). The van der Waals surface area contributed by atoms with Crippen molar-refractivity contribution in [3.8, 4) is 5.75 Å². The first-order valence-corrected chi connectivity index (χ1v) is 13.4. The summed E-state index contributed by atoms with van der Waals surface area (Å²) in [4.78, 5) is 22.3. The van der Waals surface area contributed by atoms with Crippen molar-refractivity contribution in [3.63, 3.8) is 0 Å². The highest BCUT2D eigenvalue weighted by Crippen LogP contribution is 2.39. The van der Waals surface area contributed by atoms with Gasteiger partial charge in [0.15, 0.2) is 5.65 Å². The van der Waals surface area contributed by atoms with Crippen molar-refractivity contribution < 1.29 is 19.0 Å². The minimum atomic E-state index is -0.689. The minimum absolute atomic E-state index is 0.0364. The van der Waals surface area contributed by atoms with Crippen LogP contribution in [-0.2, 0) is 13.1 Å². The number of aliphatic hydroxyl groups excluding tert-OH is 1. The second kappa shape index (κ2) is 9.22. The number of aliphatic hydroxyl groups is 1. The van der Waals surface area contributed by atoms with Crippen molar-refractivity contribution >= 4 is 23.2 Å². The summed E-state index contributed by atoms with van der Waals surface area (Å²) in [6.07, 6.45) is 2.44. The highest BCUT2D eigenvalue weighted by molar-refractivity contribution is 6.31. The Kier molecular flexibility index (Phi) is 6.12. The highest BCUT2D eigenvalue weighted by Gasteiger charge is 2.47. The Morgan fingerprint density at radius 1 is 1.27 bits per heavy atom. The van der Waals surface area contributed by atoms with Gasteiger partial charge in [-0.2, -0.15) is 5.10 Å². The molecule has 2 saturated heterocycles. The summed E-state index contributed by atoms with van der Waals surface area (Å²) >= 11 is 6.35.